The number of ether oxygens (including phenoxy) is 1. The number of fused-ring (bicyclic) bond motifs is 3. The Kier molecular flexibility index (Phi) is 4.56. The molecule has 1 aromatic carbocycles. The minimum Gasteiger partial charge on any atom is -0.473 e. The number of benzene rings is 1. The molecule has 0 aliphatic heterocycles. The van der Waals surface area contributed by atoms with Gasteiger partial charge in [0.25, 0.3) is 0 Å². The van der Waals surface area contributed by atoms with E-state index < -0.39 is 11.2 Å². The van der Waals surface area contributed by atoms with E-state index in [0.717, 1.165) is 22.9 Å². The highest BCUT2D eigenvalue weighted by molar-refractivity contribution is 6.47. The molecule has 1 aromatic heterocycles. The first-order valence-corrected chi connectivity index (χ1v) is 9.67. The molecule has 1 radical (unpaired) electrons. The highest BCUT2D eigenvalue weighted by atomic mass is 16.5. The molecule has 2 atom stereocenters. The number of hydrogen-bond acceptors (Lipinski definition) is 4. The molecule has 0 amide bonds. The number of hydrogen-bond donors (Lipinski definition) is 1. The Bertz CT molecular complexity index is 844. The topological polar surface area (TPSA) is 51.6 Å². The van der Waals surface area contributed by atoms with Gasteiger partial charge in [0.1, 0.15) is 6.61 Å². The van der Waals surface area contributed by atoms with Crippen molar-refractivity contribution in [3.05, 3.63) is 53.2 Å². The van der Waals surface area contributed by atoms with Gasteiger partial charge in [-0.2, -0.15) is 0 Å². The molecule has 1 N–H and O–H groups in total. The van der Waals surface area contributed by atoms with Gasteiger partial charge in [-0.05, 0) is 69.1 Å². The third-order valence-electron chi connectivity index (χ3n) is 6.10. The van der Waals surface area contributed by atoms with Crippen LogP contribution in [0.25, 0.3) is 0 Å². The molecule has 0 saturated heterocycles. The third-order valence-corrected chi connectivity index (χ3v) is 6.10. The smallest absolute Gasteiger partial charge is 0.330 e. The molecule has 1 heterocycles. The fraction of sp³-hybridized carbons (Fsp3) is 0.500. The largest absolute Gasteiger partial charge is 0.473 e. The Hall–Kier alpha value is -1.85. The second kappa shape index (κ2) is 6.64. The van der Waals surface area contributed by atoms with E-state index in [2.05, 4.69) is 11.1 Å². The van der Waals surface area contributed by atoms with Crippen LogP contribution in [0, 0.1) is 5.92 Å². The van der Waals surface area contributed by atoms with Gasteiger partial charge < -0.3 is 14.5 Å². The van der Waals surface area contributed by atoms with Crippen molar-refractivity contribution < 1.29 is 14.5 Å². The fourth-order valence-corrected chi connectivity index (χ4v) is 3.48. The first kappa shape index (κ1) is 18.5. The molecule has 2 aliphatic rings. The fourth-order valence-electron chi connectivity index (χ4n) is 3.48. The number of pyridine rings is 1. The zero-order valence-electron chi connectivity index (χ0n) is 16.5. The van der Waals surface area contributed by atoms with Crippen molar-refractivity contribution in [1.82, 2.24) is 4.98 Å². The molecular formula is C22H27BNO3. The van der Waals surface area contributed by atoms with Crippen LogP contribution in [0.3, 0.4) is 0 Å². The van der Waals surface area contributed by atoms with Gasteiger partial charge in [-0.1, -0.05) is 29.7 Å². The van der Waals surface area contributed by atoms with Gasteiger partial charge in [0.05, 0.1) is 11.2 Å². The summed E-state index contributed by atoms with van der Waals surface area (Å²) in [4.78, 5) is 4.48. The van der Waals surface area contributed by atoms with Crippen LogP contribution in [0.5, 0.6) is 5.88 Å². The van der Waals surface area contributed by atoms with Crippen LogP contribution >= 0.6 is 0 Å². The van der Waals surface area contributed by atoms with Crippen LogP contribution in [0.1, 0.15) is 56.7 Å². The standard InChI is InChI=1S/C22H27BNO3/c1-21(2,25)22(3,4)27-23-17-7-5-6-14(8-17)13-26-20-11-16-9-15-10-18(15)19(16)12-24-20/h5-8,11-12,15,18,25H,9-10,13H2,1-4H3. The van der Waals surface area contributed by atoms with Crippen LogP contribution in [0.15, 0.2) is 36.5 Å². The Labute approximate surface area is 162 Å². The van der Waals surface area contributed by atoms with Gasteiger partial charge in [-0.15, -0.1) is 0 Å². The van der Waals surface area contributed by atoms with E-state index in [1.807, 2.05) is 44.3 Å². The zero-order valence-corrected chi connectivity index (χ0v) is 16.5. The summed E-state index contributed by atoms with van der Waals surface area (Å²) in [6, 6.07) is 10.1. The van der Waals surface area contributed by atoms with Crippen molar-refractivity contribution in [3.8, 4) is 5.88 Å². The molecule has 1 fully saturated rings. The molecule has 27 heavy (non-hydrogen) atoms. The maximum absolute atomic E-state index is 10.2. The minimum absolute atomic E-state index is 0.467. The van der Waals surface area contributed by atoms with Crippen LogP contribution in [0.2, 0.25) is 0 Å². The van der Waals surface area contributed by atoms with Crippen LogP contribution < -0.4 is 10.2 Å². The van der Waals surface area contributed by atoms with Gasteiger partial charge >= 0.3 is 7.48 Å². The SMILES string of the molecule is CC(C)(O)C(C)(C)O[B]c1cccc(COc2cc3c(cn2)C2CC2C3)c1. The number of rotatable bonds is 7. The average Bonchev–Trinajstić information content (AvgIpc) is 3.29. The van der Waals surface area contributed by atoms with Crippen molar-refractivity contribution >= 4 is 12.9 Å². The highest BCUT2D eigenvalue weighted by Crippen LogP contribution is 2.56. The van der Waals surface area contributed by atoms with Gasteiger partial charge in [0.15, 0.2) is 0 Å². The normalized spacial score (nSPS) is 20.8. The second-order valence-corrected chi connectivity index (χ2v) is 8.87. The molecule has 141 valence electrons. The third kappa shape index (κ3) is 3.90. The first-order valence-electron chi connectivity index (χ1n) is 9.67. The van der Waals surface area contributed by atoms with E-state index in [9.17, 15) is 5.11 Å². The Morgan fingerprint density at radius 2 is 2.04 bits per heavy atom. The van der Waals surface area contributed by atoms with Crippen LogP contribution in [-0.2, 0) is 17.7 Å². The lowest BCUT2D eigenvalue weighted by molar-refractivity contribution is -0.0893. The van der Waals surface area contributed by atoms with E-state index >= 15 is 0 Å². The monoisotopic (exact) mass is 364 g/mol. The van der Waals surface area contributed by atoms with E-state index in [-0.39, 0.29) is 0 Å². The van der Waals surface area contributed by atoms with E-state index in [1.54, 1.807) is 21.3 Å². The second-order valence-electron chi connectivity index (χ2n) is 8.87. The molecular weight excluding hydrogens is 337 g/mol. The van der Waals surface area contributed by atoms with Crippen molar-refractivity contribution in [2.45, 2.75) is 64.3 Å². The Balaban J connectivity index is 1.36. The molecule has 0 spiro atoms. The van der Waals surface area contributed by atoms with Gasteiger partial charge in [0, 0.05) is 12.3 Å². The predicted octanol–water partition coefficient (Wildman–Crippen LogP) is 3.13. The van der Waals surface area contributed by atoms with E-state index in [4.69, 9.17) is 9.39 Å². The molecule has 5 heteroatoms. The van der Waals surface area contributed by atoms with Crippen molar-refractivity contribution in [2.75, 3.05) is 0 Å². The maximum atomic E-state index is 10.2. The average molecular weight is 364 g/mol. The zero-order chi connectivity index (χ0) is 19.2. The summed E-state index contributed by atoms with van der Waals surface area (Å²) in [7, 11) is 1.70. The predicted molar refractivity (Wildman–Crippen MR) is 106 cm³/mol. The van der Waals surface area contributed by atoms with E-state index in [0.29, 0.717) is 12.5 Å². The lowest BCUT2D eigenvalue weighted by atomic mass is 9.82. The summed E-state index contributed by atoms with van der Waals surface area (Å²) >= 11 is 0. The Morgan fingerprint density at radius 1 is 1.22 bits per heavy atom. The van der Waals surface area contributed by atoms with Crippen LogP contribution in [-0.4, -0.2) is 28.8 Å². The first-order chi connectivity index (χ1) is 12.7. The lowest BCUT2D eigenvalue weighted by Crippen LogP contribution is -2.49. The highest BCUT2D eigenvalue weighted by Gasteiger charge is 2.45. The molecule has 2 unspecified atom stereocenters. The molecule has 4 nitrogen and oxygen atoms in total. The quantitative estimate of drug-likeness (QED) is 0.767. The van der Waals surface area contributed by atoms with Gasteiger partial charge in [0.2, 0.25) is 5.88 Å². The molecule has 0 bridgehead atoms. The van der Waals surface area contributed by atoms with E-state index in [1.165, 1.54) is 24.0 Å². The van der Waals surface area contributed by atoms with Crippen molar-refractivity contribution in [2.24, 2.45) is 5.92 Å². The van der Waals surface area contributed by atoms with Gasteiger partial charge in [-0.25, -0.2) is 4.98 Å². The van der Waals surface area contributed by atoms with Crippen molar-refractivity contribution in [3.63, 3.8) is 0 Å². The summed E-state index contributed by atoms with van der Waals surface area (Å²) in [6.45, 7) is 7.71. The summed E-state index contributed by atoms with van der Waals surface area (Å²) in [5, 5.41) is 10.2. The number of aromatic nitrogens is 1. The molecule has 2 aromatic rings. The number of aliphatic hydroxyl groups is 1. The van der Waals surface area contributed by atoms with Gasteiger partial charge in [-0.3, -0.25) is 0 Å². The lowest BCUT2D eigenvalue weighted by Gasteiger charge is -2.37. The van der Waals surface area contributed by atoms with Crippen LogP contribution in [0.4, 0.5) is 0 Å². The molecule has 2 aliphatic carbocycles. The Morgan fingerprint density at radius 3 is 2.81 bits per heavy atom. The number of nitrogens with zero attached hydrogens (tertiary/aromatic N) is 1. The molecule has 4 rings (SSSR count). The molecule has 1 saturated carbocycles. The summed E-state index contributed by atoms with van der Waals surface area (Å²) in [5.41, 5.74) is 3.20. The summed E-state index contributed by atoms with van der Waals surface area (Å²) in [6.07, 6.45) is 4.52. The van der Waals surface area contributed by atoms with Crippen molar-refractivity contribution in [1.29, 1.82) is 0 Å². The summed E-state index contributed by atoms with van der Waals surface area (Å²) in [5.74, 6) is 2.32. The minimum atomic E-state index is -0.940. The summed E-state index contributed by atoms with van der Waals surface area (Å²) < 4.78 is 11.8. The maximum Gasteiger partial charge on any atom is 0.330 e.